The number of ether oxygens (including phenoxy) is 2. The number of carbonyl (C=O) groups excluding carboxylic acids is 1. The number of rotatable bonds is 4. The Hall–Kier alpha value is -3.35. The molecule has 7 nitrogen and oxygen atoms in total. The second kappa shape index (κ2) is 8.41. The van der Waals surface area contributed by atoms with Crippen LogP contribution in [0.25, 0.3) is 10.9 Å². The fourth-order valence-corrected chi connectivity index (χ4v) is 4.48. The van der Waals surface area contributed by atoms with Crippen LogP contribution >= 0.6 is 0 Å². The molecule has 0 saturated carbocycles. The maximum absolute atomic E-state index is 13.1. The smallest absolute Gasteiger partial charge is 0.224 e. The van der Waals surface area contributed by atoms with Gasteiger partial charge in [0.25, 0.3) is 0 Å². The largest absolute Gasteiger partial charge is 0.490 e. The van der Waals surface area contributed by atoms with Crippen molar-refractivity contribution in [1.82, 2.24) is 14.7 Å². The summed E-state index contributed by atoms with van der Waals surface area (Å²) >= 11 is 0. The Morgan fingerprint density at radius 2 is 1.90 bits per heavy atom. The normalized spacial score (nSPS) is 18.2. The van der Waals surface area contributed by atoms with Crippen LogP contribution in [0.3, 0.4) is 0 Å². The quantitative estimate of drug-likeness (QED) is 0.649. The summed E-state index contributed by atoms with van der Waals surface area (Å²) in [4.78, 5) is 27.1. The number of aryl methyl sites for hydroxylation is 1. The summed E-state index contributed by atoms with van der Waals surface area (Å²) in [6, 6.07) is 13.4. The van der Waals surface area contributed by atoms with Crippen LogP contribution in [-0.2, 0) is 11.3 Å². The second-order valence-corrected chi connectivity index (χ2v) is 8.00. The number of benzene rings is 2. The maximum Gasteiger partial charge on any atom is 0.224 e. The SMILES string of the molecule is O=C(CCn1ncc(=O)c2ccccc21)N1CCCC1c1ccc2c(c1)OCCCO2. The van der Waals surface area contributed by atoms with Crippen molar-refractivity contribution in [2.45, 2.75) is 38.3 Å². The van der Waals surface area contributed by atoms with Crippen LogP contribution in [0.1, 0.15) is 37.3 Å². The number of fused-ring (bicyclic) bond motifs is 2. The third kappa shape index (κ3) is 3.87. The molecule has 31 heavy (non-hydrogen) atoms. The van der Waals surface area contributed by atoms with Crippen LogP contribution in [0, 0.1) is 0 Å². The van der Waals surface area contributed by atoms with E-state index in [4.69, 9.17) is 9.47 Å². The lowest BCUT2D eigenvalue weighted by molar-refractivity contribution is -0.132. The molecule has 0 spiro atoms. The Labute approximate surface area is 180 Å². The van der Waals surface area contributed by atoms with Gasteiger partial charge in [-0.25, -0.2) is 0 Å². The number of amides is 1. The Kier molecular flexibility index (Phi) is 5.32. The summed E-state index contributed by atoms with van der Waals surface area (Å²) in [5.74, 6) is 1.63. The maximum atomic E-state index is 13.1. The van der Waals surface area contributed by atoms with E-state index in [0.29, 0.717) is 31.6 Å². The molecule has 0 radical (unpaired) electrons. The summed E-state index contributed by atoms with van der Waals surface area (Å²) in [7, 11) is 0. The summed E-state index contributed by atoms with van der Waals surface area (Å²) in [5, 5.41) is 4.86. The number of hydrogen-bond donors (Lipinski definition) is 0. The van der Waals surface area contributed by atoms with Crippen LogP contribution < -0.4 is 14.9 Å². The third-order valence-electron chi connectivity index (χ3n) is 6.03. The highest BCUT2D eigenvalue weighted by atomic mass is 16.5. The molecule has 0 aliphatic carbocycles. The monoisotopic (exact) mass is 419 g/mol. The fraction of sp³-hybridized carbons (Fsp3) is 0.375. The van der Waals surface area contributed by atoms with E-state index in [2.05, 4.69) is 5.10 Å². The van der Waals surface area contributed by atoms with Crippen molar-refractivity contribution in [2.75, 3.05) is 19.8 Å². The molecule has 2 aliphatic heterocycles. The first kappa shape index (κ1) is 19.6. The van der Waals surface area contributed by atoms with E-state index in [1.165, 1.54) is 6.20 Å². The van der Waals surface area contributed by atoms with Gasteiger partial charge in [0, 0.05) is 24.8 Å². The molecule has 1 saturated heterocycles. The number of nitrogens with zero attached hydrogens (tertiary/aromatic N) is 3. The van der Waals surface area contributed by atoms with Gasteiger partial charge >= 0.3 is 0 Å². The third-order valence-corrected chi connectivity index (χ3v) is 6.03. The minimum Gasteiger partial charge on any atom is -0.490 e. The minimum absolute atomic E-state index is 0.0448. The van der Waals surface area contributed by atoms with Crippen molar-refractivity contribution >= 4 is 16.8 Å². The lowest BCUT2D eigenvalue weighted by Gasteiger charge is -2.26. The Morgan fingerprint density at radius 1 is 1.06 bits per heavy atom. The summed E-state index contributed by atoms with van der Waals surface area (Å²) < 4.78 is 13.3. The van der Waals surface area contributed by atoms with Gasteiger partial charge in [0.2, 0.25) is 11.3 Å². The van der Waals surface area contributed by atoms with Gasteiger partial charge in [-0.2, -0.15) is 5.10 Å². The standard InChI is InChI=1S/C24H25N3O4/c28-21-16-25-27(20-6-2-1-5-18(20)21)12-10-24(29)26-11-3-7-19(26)17-8-9-22-23(15-17)31-14-4-13-30-22/h1-2,5-6,8-9,15-16,19H,3-4,7,10-14H2. The van der Waals surface area contributed by atoms with Crippen molar-refractivity contribution in [1.29, 1.82) is 0 Å². The molecule has 0 bridgehead atoms. The highest BCUT2D eigenvalue weighted by Crippen LogP contribution is 2.38. The first-order valence-electron chi connectivity index (χ1n) is 10.8. The average Bonchev–Trinajstić information content (AvgIpc) is 3.17. The second-order valence-electron chi connectivity index (χ2n) is 8.00. The molecule has 0 N–H and O–H groups in total. The van der Waals surface area contributed by atoms with Gasteiger partial charge in [0.05, 0.1) is 37.5 Å². The molecule has 2 aliphatic rings. The van der Waals surface area contributed by atoms with E-state index in [9.17, 15) is 9.59 Å². The van der Waals surface area contributed by atoms with Crippen molar-refractivity contribution < 1.29 is 14.3 Å². The lowest BCUT2D eigenvalue weighted by Crippen LogP contribution is -2.31. The Morgan fingerprint density at radius 3 is 2.81 bits per heavy atom. The summed E-state index contributed by atoms with van der Waals surface area (Å²) in [6.07, 6.45) is 4.44. The first-order chi connectivity index (χ1) is 15.2. The molecule has 3 heterocycles. The zero-order valence-electron chi connectivity index (χ0n) is 17.3. The molecule has 1 aromatic heterocycles. The van der Waals surface area contributed by atoms with Gasteiger partial charge < -0.3 is 14.4 Å². The highest BCUT2D eigenvalue weighted by Gasteiger charge is 2.30. The number of hydrogen-bond acceptors (Lipinski definition) is 5. The Balaban J connectivity index is 1.32. The molecule has 2 aromatic carbocycles. The number of likely N-dealkylation sites (tertiary alicyclic amines) is 1. The van der Waals surface area contributed by atoms with Crippen LogP contribution in [0.2, 0.25) is 0 Å². The predicted molar refractivity (Wildman–Crippen MR) is 116 cm³/mol. The zero-order chi connectivity index (χ0) is 21.2. The molecule has 5 rings (SSSR count). The van der Waals surface area contributed by atoms with Gasteiger partial charge in [-0.05, 0) is 42.7 Å². The van der Waals surface area contributed by atoms with E-state index in [1.807, 2.05) is 41.3 Å². The van der Waals surface area contributed by atoms with E-state index >= 15 is 0 Å². The number of aromatic nitrogens is 2. The van der Waals surface area contributed by atoms with Gasteiger partial charge in [0.15, 0.2) is 11.5 Å². The molecule has 160 valence electrons. The molecule has 1 amide bonds. The van der Waals surface area contributed by atoms with Gasteiger partial charge in [0.1, 0.15) is 0 Å². The zero-order valence-corrected chi connectivity index (χ0v) is 17.3. The number of carbonyl (C=O) groups is 1. The molecular weight excluding hydrogens is 394 g/mol. The van der Waals surface area contributed by atoms with Gasteiger partial charge in [-0.15, -0.1) is 0 Å². The molecule has 1 fully saturated rings. The van der Waals surface area contributed by atoms with Crippen LogP contribution in [0.15, 0.2) is 53.5 Å². The van der Waals surface area contributed by atoms with E-state index in [0.717, 1.165) is 48.4 Å². The molecule has 7 heteroatoms. The van der Waals surface area contributed by atoms with Gasteiger partial charge in [-0.3, -0.25) is 14.3 Å². The van der Waals surface area contributed by atoms with Crippen molar-refractivity contribution in [2.24, 2.45) is 0 Å². The van der Waals surface area contributed by atoms with E-state index in [-0.39, 0.29) is 17.4 Å². The van der Waals surface area contributed by atoms with Gasteiger partial charge in [-0.1, -0.05) is 18.2 Å². The topological polar surface area (TPSA) is 73.7 Å². The van der Waals surface area contributed by atoms with E-state index in [1.54, 1.807) is 10.7 Å². The minimum atomic E-state index is -0.104. The van der Waals surface area contributed by atoms with E-state index < -0.39 is 0 Å². The summed E-state index contributed by atoms with van der Waals surface area (Å²) in [6.45, 7) is 2.48. The van der Waals surface area contributed by atoms with Crippen LogP contribution in [0.5, 0.6) is 11.5 Å². The molecular formula is C24H25N3O4. The van der Waals surface area contributed by atoms with Crippen molar-refractivity contribution in [3.8, 4) is 11.5 Å². The fourth-order valence-electron chi connectivity index (χ4n) is 4.48. The predicted octanol–water partition coefficient (Wildman–Crippen LogP) is 3.31. The molecule has 1 atom stereocenters. The van der Waals surface area contributed by atoms with Crippen LogP contribution in [-0.4, -0.2) is 40.3 Å². The van der Waals surface area contributed by atoms with Crippen molar-refractivity contribution in [3.05, 3.63) is 64.4 Å². The molecule has 1 unspecified atom stereocenters. The Bertz CT molecular complexity index is 1170. The van der Waals surface area contributed by atoms with Crippen molar-refractivity contribution in [3.63, 3.8) is 0 Å². The summed E-state index contributed by atoms with van der Waals surface area (Å²) in [5.41, 5.74) is 1.73. The first-order valence-corrected chi connectivity index (χ1v) is 10.8. The number of para-hydroxylation sites is 1. The highest BCUT2D eigenvalue weighted by molar-refractivity contribution is 5.79. The lowest BCUT2D eigenvalue weighted by atomic mass is 10.0. The average molecular weight is 419 g/mol. The van der Waals surface area contributed by atoms with Crippen LogP contribution in [0.4, 0.5) is 0 Å². The molecule has 3 aromatic rings.